The van der Waals surface area contributed by atoms with Crippen LogP contribution >= 0.6 is 0 Å². The molecule has 0 saturated carbocycles. The maximum atomic E-state index is 12.8. The first-order valence-electron chi connectivity index (χ1n) is 9.93. The molecule has 28 heavy (non-hydrogen) atoms. The van der Waals surface area contributed by atoms with Gasteiger partial charge in [-0.3, -0.25) is 9.69 Å². The maximum absolute atomic E-state index is 12.8. The van der Waals surface area contributed by atoms with E-state index in [2.05, 4.69) is 41.4 Å². The molecule has 1 aliphatic rings. The number of ether oxygens (including phenoxy) is 2. The van der Waals surface area contributed by atoms with Gasteiger partial charge in [-0.1, -0.05) is 36.2 Å². The van der Waals surface area contributed by atoms with E-state index in [9.17, 15) is 4.79 Å². The van der Waals surface area contributed by atoms with Crippen LogP contribution in [-0.4, -0.2) is 44.7 Å². The van der Waals surface area contributed by atoms with Crippen molar-refractivity contribution in [2.75, 3.05) is 33.9 Å². The van der Waals surface area contributed by atoms with Crippen LogP contribution in [0.5, 0.6) is 11.5 Å². The van der Waals surface area contributed by atoms with Gasteiger partial charge in [0.2, 0.25) is 0 Å². The van der Waals surface area contributed by atoms with Gasteiger partial charge in [-0.15, -0.1) is 0 Å². The lowest BCUT2D eigenvalue weighted by molar-refractivity contribution is 0.0924. The van der Waals surface area contributed by atoms with Gasteiger partial charge in [-0.25, -0.2) is 0 Å². The topological polar surface area (TPSA) is 50.8 Å². The van der Waals surface area contributed by atoms with Crippen molar-refractivity contribution in [2.45, 2.75) is 32.2 Å². The SMILES string of the molecule is COc1ccc(C(=O)NCC(c2ccc(C)cc2)N2CCCCC2)cc1OC. The Balaban J connectivity index is 1.73. The molecule has 2 aromatic rings. The monoisotopic (exact) mass is 382 g/mol. The predicted molar refractivity (Wildman–Crippen MR) is 111 cm³/mol. The third-order valence-electron chi connectivity index (χ3n) is 5.40. The van der Waals surface area contributed by atoms with Crippen LogP contribution in [-0.2, 0) is 0 Å². The van der Waals surface area contributed by atoms with E-state index in [0.29, 0.717) is 23.6 Å². The lowest BCUT2D eigenvalue weighted by atomic mass is 10.0. The van der Waals surface area contributed by atoms with Crippen molar-refractivity contribution >= 4 is 5.91 Å². The second-order valence-corrected chi connectivity index (χ2v) is 7.30. The highest BCUT2D eigenvalue weighted by Crippen LogP contribution is 2.28. The molecular weight excluding hydrogens is 352 g/mol. The first kappa shape index (κ1) is 20.2. The van der Waals surface area contributed by atoms with Crippen LogP contribution in [0.2, 0.25) is 0 Å². The van der Waals surface area contributed by atoms with Crippen molar-refractivity contribution in [1.82, 2.24) is 10.2 Å². The van der Waals surface area contributed by atoms with E-state index >= 15 is 0 Å². The summed E-state index contributed by atoms with van der Waals surface area (Å²) in [5.41, 5.74) is 3.06. The number of aryl methyl sites for hydroxylation is 1. The summed E-state index contributed by atoms with van der Waals surface area (Å²) in [6, 6.07) is 14.1. The van der Waals surface area contributed by atoms with Gasteiger partial charge in [0.1, 0.15) is 0 Å². The Hall–Kier alpha value is -2.53. The van der Waals surface area contributed by atoms with Crippen molar-refractivity contribution in [2.24, 2.45) is 0 Å². The summed E-state index contributed by atoms with van der Waals surface area (Å²) < 4.78 is 10.6. The lowest BCUT2D eigenvalue weighted by Crippen LogP contribution is -2.40. The lowest BCUT2D eigenvalue weighted by Gasteiger charge is -2.35. The number of amides is 1. The van der Waals surface area contributed by atoms with Crippen molar-refractivity contribution in [3.8, 4) is 11.5 Å². The summed E-state index contributed by atoms with van der Waals surface area (Å²) in [4.78, 5) is 15.2. The number of benzene rings is 2. The summed E-state index contributed by atoms with van der Waals surface area (Å²) in [6.45, 7) is 4.82. The van der Waals surface area contributed by atoms with E-state index in [1.807, 2.05) is 0 Å². The number of nitrogens with zero attached hydrogens (tertiary/aromatic N) is 1. The van der Waals surface area contributed by atoms with Gasteiger partial charge in [0.05, 0.1) is 20.3 Å². The van der Waals surface area contributed by atoms with Crippen molar-refractivity contribution in [3.63, 3.8) is 0 Å². The highest BCUT2D eigenvalue weighted by molar-refractivity contribution is 5.94. The molecule has 1 saturated heterocycles. The van der Waals surface area contributed by atoms with Gasteiger partial charge in [-0.2, -0.15) is 0 Å². The second kappa shape index (κ2) is 9.60. The van der Waals surface area contributed by atoms with Gasteiger partial charge < -0.3 is 14.8 Å². The Bertz CT molecular complexity index is 783. The summed E-state index contributed by atoms with van der Waals surface area (Å²) in [6.07, 6.45) is 3.72. The van der Waals surface area contributed by atoms with Crippen LogP contribution in [0.4, 0.5) is 0 Å². The molecule has 0 radical (unpaired) electrons. The zero-order valence-corrected chi connectivity index (χ0v) is 17.0. The molecular formula is C23H30N2O3. The van der Waals surface area contributed by atoms with Gasteiger partial charge in [0.15, 0.2) is 11.5 Å². The molecule has 3 rings (SSSR count). The van der Waals surface area contributed by atoms with E-state index in [-0.39, 0.29) is 11.9 Å². The summed E-state index contributed by atoms with van der Waals surface area (Å²) >= 11 is 0. The van der Waals surface area contributed by atoms with E-state index in [0.717, 1.165) is 13.1 Å². The zero-order chi connectivity index (χ0) is 19.9. The van der Waals surface area contributed by atoms with Gasteiger partial charge in [0, 0.05) is 12.1 Å². The van der Waals surface area contributed by atoms with Gasteiger partial charge in [0.25, 0.3) is 5.91 Å². The van der Waals surface area contributed by atoms with Crippen LogP contribution in [0.3, 0.4) is 0 Å². The van der Waals surface area contributed by atoms with E-state index < -0.39 is 0 Å². The van der Waals surface area contributed by atoms with Gasteiger partial charge in [-0.05, 0) is 56.6 Å². The molecule has 1 aliphatic heterocycles. The number of carbonyl (C=O) groups excluding carboxylic acids is 1. The number of carbonyl (C=O) groups is 1. The molecule has 5 heteroatoms. The van der Waals surface area contributed by atoms with Crippen molar-refractivity contribution in [1.29, 1.82) is 0 Å². The fraction of sp³-hybridized carbons (Fsp3) is 0.435. The minimum absolute atomic E-state index is 0.102. The Kier molecular flexibility index (Phi) is 6.93. The Morgan fingerprint density at radius 2 is 1.68 bits per heavy atom. The Labute approximate surface area is 167 Å². The fourth-order valence-corrected chi connectivity index (χ4v) is 3.75. The minimum atomic E-state index is -0.102. The molecule has 0 aliphatic carbocycles. The fourth-order valence-electron chi connectivity index (χ4n) is 3.75. The number of nitrogens with one attached hydrogen (secondary N) is 1. The van der Waals surface area contributed by atoms with Crippen LogP contribution in [0.25, 0.3) is 0 Å². The van der Waals surface area contributed by atoms with Crippen LogP contribution in [0.1, 0.15) is 46.8 Å². The average molecular weight is 383 g/mol. The van der Waals surface area contributed by atoms with Crippen LogP contribution in [0.15, 0.2) is 42.5 Å². The summed E-state index contributed by atoms with van der Waals surface area (Å²) in [7, 11) is 3.16. The predicted octanol–water partition coefficient (Wildman–Crippen LogP) is 3.97. The number of likely N-dealkylation sites (tertiary alicyclic amines) is 1. The summed E-state index contributed by atoms with van der Waals surface area (Å²) in [5, 5.41) is 3.12. The highest BCUT2D eigenvalue weighted by atomic mass is 16.5. The molecule has 1 fully saturated rings. The highest BCUT2D eigenvalue weighted by Gasteiger charge is 2.23. The van der Waals surface area contributed by atoms with Gasteiger partial charge >= 0.3 is 0 Å². The smallest absolute Gasteiger partial charge is 0.251 e. The Morgan fingerprint density at radius 3 is 2.32 bits per heavy atom. The molecule has 5 nitrogen and oxygen atoms in total. The van der Waals surface area contributed by atoms with Crippen LogP contribution < -0.4 is 14.8 Å². The zero-order valence-electron chi connectivity index (χ0n) is 17.0. The molecule has 0 spiro atoms. The third-order valence-corrected chi connectivity index (χ3v) is 5.40. The molecule has 1 atom stereocenters. The molecule has 1 amide bonds. The molecule has 2 aromatic carbocycles. The second-order valence-electron chi connectivity index (χ2n) is 7.30. The molecule has 0 bridgehead atoms. The number of hydrogen-bond donors (Lipinski definition) is 1. The number of rotatable bonds is 7. The van der Waals surface area contributed by atoms with E-state index in [4.69, 9.17) is 9.47 Å². The first-order valence-corrected chi connectivity index (χ1v) is 9.93. The van der Waals surface area contributed by atoms with Crippen molar-refractivity contribution in [3.05, 3.63) is 59.2 Å². The van der Waals surface area contributed by atoms with E-state index in [1.54, 1.807) is 32.4 Å². The average Bonchev–Trinajstić information content (AvgIpc) is 2.75. The molecule has 1 unspecified atom stereocenters. The maximum Gasteiger partial charge on any atom is 0.251 e. The Morgan fingerprint density at radius 1 is 1.00 bits per heavy atom. The number of piperidine rings is 1. The van der Waals surface area contributed by atoms with E-state index in [1.165, 1.54) is 30.4 Å². The molecule has 0 aromatic heterocycles. The standard InChI is InChI=1S/C23H30N2O3/c1-17-7-9-18(10-8-17)20(25-13-5-4-6-14-25)16-24-23(26)19-11-12-21(27-2)22(15-19)28-3/h7-12,15,20H,4-6,13-14,16H2,1-3H3,(H,24,26). The quantitative estimate of drug-likeness (QED) is 0.787. The largest absolute Gasteiger partial charge is 0.493 e. The third kappa shape index (κ3) is 4.84. The molecule has 1 N–H and O–H groups in total. The molecule has 150 valence electrons. The summed E-state index contributed by atoms with van der Waals surface area (Å²) in [5.74, 6) is 1.07. The number of methoxy groups -OCH3 is 2. The van der Waals surface area contributed by atoms with Crippen LogP contribution in [0, 0.1) is 6.92 Å². The number of hydrogen-bond acceptors (Lipinski definition) is 4. The van der Waals surface area contributed by atoms with Crippen molar-refractivity contribution < 1.29 is 14.3 Å². The first-order chi connectivity index (χ1) is 13.6. The minimum Gasteiger partial charge on any atom is -0.493 e. The molecule has 1 heterocycles. The normalized spacial score (nSPS) is 15.7.